The number of aryl methyl sites for hydroxylation is 1. The first kappa shape index (κ1) is 19.7. The number of carbonyl (C=O) groups excluding carboxylic acids is 1. The van der Waals surface area contributed by atoms with Crippen LogP contribution in [0.5, 0.6) is 5.75 Å². The molecule has 7 nitrogen and oxygen atoms in total. The second kappa shape index (κ2) is 8.02. The number of aromatic carboxylic acids is 1. The summed E-state index contributed by atoms with van der Waals surface area (Å²) in [6.07, 6.45) is 2.27. The third-order valence-corrected chi connectivity index (χ3v) is 5.31. The summed E-state index contributed by atoms with van der Waals surface area (Å²) in [5, 5.41) is 16.5. The highest BCUT2D eigenvalue weighted by Crippen LogP contribution is 2.39. The van der Waals surface area contributed by atoms with Gasteiger partial charge in [0.15, 0.2) is 0 Å². The van der Waals surface area contributed by atoms with Crippen molar-refractivity contribution in [1.29, 1.82) is 0 Å². The fourth-order valence-corrected chi connectivity index (χ4v) is 3.53. The number of para-hydroxylation sites is 1. The molecule has 1 aliphatic carbocycles. The van der Waals surface area contributed by atoms with Gasteiger partial charge in [0.25, 0.3) is 5.91 Å². The number of carboxylic acid groups (broad SMARTS) is 1. The van der Waals surface area contributed by atoms with Crippen molar-refractivity contribution in [1.82, 2.24) is 15.1 Å². The number of carboxylic acids is 1. The van der Waals surface area contributed by atoms with E-state index in [4.69, 9.17) is 9.84 Å². The number of benzene rings is 2. The lowest BCUT2D eigenvalue weighted by Crippen LogP contribution is -2.25. The van der Waals surface area contributed by atoms with E-state index in [1.165, 1.54) is 0 Å². The van der Waals surface area contributed by atoms with Crippen LogP contribution in [0.2, 0.25) is 0 Å². The van der Waals surface area contributed by atoms with Crippen molar-refractivity contribution in [3.05, 3.63) is 71.0 Å². The van der Waals surface area contributed by atoms with Crippen LogP contribution in [0.15, 0.2) is 48.5 Å². The summed E-state index contributed by atoms with van der Waals surface area (Å²) in [7, 11) is 3.36. The van der Waals surface area contributed by atoms with Gasteiger partial charge in [-0.3, -0.25) is 9.48 Å². The minimum Gasteiger partial charge on any atom is -0.496 e. The third-order valence-electron chi connectivity index (χ3n) is 5.31. The highest BCUT2D eigenvalue weighted by atomic mass is 16.5. The molecule has 4 rings (SSSR count). The first-order valence-corrected chi connectivity index (χ1v) is 9.79. The fourth-order valence-electron chi connectivity index (χ4n) is 3.53. The summed E-state index contributed by atoms with van der Waals surface area (Å²) < 4.78 is 7.25. The molecule has 0 radical (unpaired) electrons. The molecule has 30 heavy (non-hydrogen) atoms. The van der Waals surface area contributed by atoms with Gasteiger partial charge in [-0.1, -0.05) is 30.3 Å². The van der Waals surface area contributed by atoms with Crippen molar-refractivity contribution in [3.63, 3.8) is 0 Å². The Hall–Kier alpha value is -3.61. The maximum atomic E-state index is 12.7. The van der Waals surface area contributed by atoms with Crippen molar-refractivity contribution in [2.75, 3.05) is 7.11 Å². The lowest BCUT2D eigenvalue weighted by Gasteiger charge is -2.14. The number of hydrogen-bond acceptors (Lipinski definition) is 4. The molecule has 0 unspecified atom stereocenters. The Bertz CT molecular complexity index is 1100. The minimum absolute atomic E-state index is 0.185. The second-order valence-corrected chi connectivity index (χ2v) is 7.42. The predicted octanol–water partition coefficient (Wildman–Crippen LogP) is 3.60. The van der Waals surface area contributed by atoms with E-state index < -0.39 is 5.97 Å². The Morgan fingerprint density at radius 3 is 2.57 bits per heavy atom. The Labute approximate surface area is 174 Å². The molecule has 1 fully saturated rings. The molecule has 1 heterocycles. The van der Waals surface area contributed by atoms with E-state index in [9.17, 15) is 9.59 Å². The van der Waals surface area contributed by atoms with Crippen molar-refractivity contribution >= 4 is 11.9 Å². The molecule has 154 valence electrons. The van der Waals surface area contributed by atoms with E-state index in [-0.39, 0.29) is 11.5 Å². The summed E-state index contributed by atoms with van der Waals surface area (Å²) in [5.74, 6) is -0.0215. The summed E-state index contributed by atoms with van der Waals surface area (Å²) in [6.45, 7) is 0.299. The Morgan fingerprint density at radius 2 is 1.93 bits per heavy atom. The largest absolute Gasteiger partial charge is 0.496 e. The standard InChI is InChI=1S/C23H23N3O4/c1-26-20(12-19(25-26)15-8-9-15)22(27)24-13-17-4-3-5-18(21(17)30-2)14-6-10-16(11-7-14)23(28)29/h3-7,10-12,15H,8-9,13H2,1-2H3,(H,24,27)(H,28,29). The number of ether oxygens (including phenoxy) is 1. The monoisotopic (exact) mass is 405 g/mol. The van der Waals surface area contributed by atoms with Crippen LogP contribution in [0.1, 0.15) is 50.9 Å². The number of amides is 1. The molecule has 7 heteroatoms. The number of aromatic nitrogens is 2. The topological polar surface area (TPSA) is 93.5 Å². The van der Waals surface area contributed by atoms with E-state index in [2.05, 4.69) is 10.4 Å². The third kappa shape index (κ3) is 3.91. The average Bonchev–Trinajstić information content (AvgIpc) is 3.53. The number of hydrogen-bond donors (Lipinski definition) is 2. The lowest BCUT2D eigenvalue weighted by molar-refractivity contribution is 0.0696. The fraction of sp³-hybridized carbons (Fsp3) is 0.261. The number of methoxy groups -OCH3 is 1. The van der Waals surface area contributed by atoms with Crippen LogP contribution >= 0.6 is 0 Å². The van der Waals surface area contributed by atoms with Gasteiger partial charge in [0, 0.05) is 30.6 Å². The minimum atomic E-state index is -0.968. The van der Waals surface area contributed by atoms with Gasteiger partial charge in [-0.2, -0.15) is 5.10 Å². The van der Waals surface area contributed by atoms with Gasteiger partial charge in [-0.25, -0.2) is 4.79 Å². The molecule has 1 aliphatic rings. The molecule has 1 saturated carbocycles. The molecule has 0 bridgehead atoms. The van der Waals surface area contributed by atoms with Crippen LogP contribution in [0.3, 0.4) is 0 Å². The Morgan fingerprint density at radius 1 is 1.20 bits per heavy atom. The van der Waals surface area contributed by atoms with Crippen LogP contribution < -0.4 is 10.1 Å². The molecule has 2 aromatic carbocycles. The molecule has 0 atom stereocenters. The quantitative estimate of drug-likeness (QED) is 0.626. The lowest BCUT2D eigenvalue weighted by atomic mass is 10.00. The van der Waals surface area contributed by atoms with Crippen molar-refractivity contribution in [3.8, 4) is 16.9 Å². The van der Waals surface area contributed by atoms with E-state index in [1.807, 2.05) is 24.3 Å². The van der Waals surface area contributed by atoms with Gasteiger partial charge >= 0.3 is 5.97 Å². The normalized spacial score (nSPS) is 13.1. The molecular weight excluding hydrogens is 382 g/mol. The highest BCUT2D eigenvalue weighted by molar-refractivity contribution is 5.92. The number of rotatable bonds is 7. The number of nitrogens with one attached hydrogen (secondary N) is 1. The first-order valence-electron chi connectivity index (χ1n) is 9.79. The molecule has 2 N–H and O–H groups in total. The molecule has 0 spiro atoms. The van der Waals surface area contributed by atoms with Gasteiger partial charge < -0.3 is 15.2 Å². The number of nitrogens with zero attached hydrogens (tertiary/aromatic N) is 2. The molecular formula is C23H23N3O4. The predicted molar refractivity (Wildman–Crippen MR) is 112 cm³/mol. The van der Waals surface area contributed by atoms with Gasteiger partial charge in [0.2, 0.25) is 0 Å². The van der Waals surface area contributed by atoms with E-state index in [0.717, 1.165) is 35.2 Å². The van der Waals surface area contributed by atoms with Crippen LogP contribution in [-0.4, -0.2) is 33.9 Å². The van der Waals surface area contributed by atoms with Crippen molar-refractivity contribution < 1.29 is 19.4 Å². The van der Waals surface area contributed by atoms with E-state index in [0.29, 0.717) is 23.9 Å². The number of carbonyl (C=O) groups is 2. The second-order valence-electron chi connectivity index (χ2n) is 7.42. The molecule has 1 aromatic heterocycles. The highest BCUT2D eigenvalue weighted by Gasteiger charge is 2.28. The van der Waals surface area contributed by atoms with Crippen molar-refractivity contribution in [2.24, 2.45) is 7.05 Å². The summed E-state index contributed by atoms with van der Waals surface area (Å²) in [5.41, 5.74) is 4.24. The van der Waals surface area contributed by atoms with Gasteiger partial charge in [0.1, 0.15) is 11.4 Å². The Kier molecular flexibility index (Phi) is 5.27. The van der Waals surface area contributed by atoms with Gasteiger partial charge in [0.05, 0.1) is 18.4 Å². The van der Waals surface area contributed by atoms with E-state index >= 15 is 0 Å². The first-order chi connectivity index (χ1) is 14.5. The van der Waals surface area contributed by atoms with Crippen LogP contribution in [0.4, 0.5) is 0 Å². The van der Waals surface area contributed by atoms with Gasteiger partial charge in [-0.05, 0) is 36.6 Å². The maximum Gasteiger partial charge on any atom is 0.335 e. The Balaban J connectivity index is 1.53. The van der Waals surface area contributed by atoms with Gasteiger partial charge in [-0.15, -0.1) is 0 Å². The zero-order chi connectivity index (χ0) is 21.3. The zero-order valence-electron chi connectivity index (χ0n) is 16.9. The van der Waals surface area contributed by atoms with Crippen LogP contribution in [0.25, 0.3) is 11.1 Å². The maximum absolute atomic E-state index is 12.7. The summed E-state index contributed by atoms with van der Waals surface area (Å²) >= 11 is 0. The zero-order valence-corrected chi connectivity index (χ0v) is 16.9. The van der Waals surface area contributed by atoms with Crippen molar-refractivity contribution in [2.45, 2.75) is 25.3 Å². The SMILES string of the molecule is COc1c(CNC(=O)c2cc(C3CC3)nn2C)cccc1-c1ccc(C(=O)O)cc1. The summed E-state index contributed by atoms with van der Waals surface area (Å²) in [6, 6.07) is 14.2. The molecule has 3 aromatic rings. The smallest absolute Gasteiger partial charge is 0.335 e. The average molecular weight is 405 g/mol. The molecule has 0 saturated heterocycles. The summed E-state index contributed by atoms with van der Waals surface area (Å²) in [4.78, 5) is 23.8. The van der Waals surface area contributed by atoms with E-state index in [1.54, 1.807) is 43.1 Å². The molecule has 0 aliphatic heterocycles. The molecule has 1 amide bonds. The van der Waals surface area contributed by atoms with Crippen LogP contribution in [-0.2, 0) is 13.6 Å². The van der Waals surface area contributed by atoms with Crippen LogP contribution in [0, 0.1) is 0 Å².